The molecule has 0 fully saturated rings. The summed E-state index contributed by atoms with van der Waals surface area (Å²) in [5.74, 6) is 0.722. The van der Waals surface area contributed by atoms with Crippen LogP contribution in [0.4, 0.5) is 5.69 Å². The lowest BCUT2D eigenvalue weighted by Gasteiger charge is -1.91. The molecule has 0 amide bonds. The highest BCUT2D eigenvalue weighted by Crippen LogP contribution is 2.30. The molecule has 0 spiro atoms. The predicted octanol–water partition coefficient (Wildman–Crippen LogP) is 2.71. The van der Waals surface area contributed by atoms with Crippen LogP contribution in [0.5, 0.6) is 0 Å². The maximum Gasteiger partial charge on any atom is 0.155 e. The molecule has 1 aromatic carbocycles. The summed E-state index contributed by atoms with van der Waals surface area (Å²) < 4.78 is 5.72. The summed E-state index contributed by atoms with van der Waals surface area (Å²) in [6.07, 6.45) is 1.58. The first-order chi connectivity index (χ1) is 7.75. The highest BCUT2D eigenvalue weighted by Gasteiger charge is 2.11. The van der Waals surface area contributed by atoms with Gasteiger partial charge in [-0.15, -0.1) is 0 Å². The van der Waals surface area contributed by atoms with Gasteiger partial charge < -0.3 is 10.2 Å². The fourth-order valence-electron chi connectivity index (χ4n) is 1.82. The second-order valence-electron chi connectivity index (χ2n) is 3.80. The molecule has 0 bridgehead atoms. The third kappa shape index (κ3) is 1.20. The second-order valence-corrected chi connectivity index (χ2v) is 3.80. The van der Waals surface area contributed by atoms with E-state index in [-0.39, 0.29) is 0 Å². The monoisotopic (exact) mass is 213 g/mol. The average molecular weight is 213 g/mol. The van der Waals surface area contributed by atoms with Crippen LogP contribution in [0, 0.1) is 6.92 Å². The first kappa shape index (κ1) is 9.03. The number of nitrogens with zero attached hydrogens (tertiary/aromatic N) is 1. The molecule has 2 heterocycles. The molecule has 0 saturated carbocycles. The van der Waals surface area contributed by atoms with Gasteiger partial charge in [0.1, 0.15) is 11.3 Å². The minimum Gasteiger partial charge on any atom is -0.454 e. The van der Waals surface area contributed by atoms with Crippen molar-refractivity contribution < 1.29 is 4.42 Å². The molecule has 0 atom stereocenters. The number of aromatic amines is 1. The summed E-state index contributed by atoms with van der Waals surface area (Å²) in [5.41, 5.74) is 9.16. The molecule has 0 radical (unpaired) electrons. The van der Waals surface area contributed by atoms with Gasteiger partial charge in [-0.05, 0) is 24.6 Å². The van der Waals surface area contributed by atoms with Gasteiger partial charge in [0.25, 0.3) is 0 Å². The van der Waals surface area contributed by atoms with Crippen molar-refractivity contribution in [2.24, 2.45) is 0 Å². The van der Waals surface area contributed by atoms with E-state index >= 15 is 0 Å². The lowest BCUT2D eigenvalue weighted by atomic mass is 10.1. The molecule has 2 aromatic heterocycles. The summed E-state index contributed by atoms with van der Waals surface area (Å²) in [6.45, 7) is 2.05. The van der Waals surface area contributed by atoms with Crippen LogP contribution in [-0.2, 0) is 0 Å². The summed E-state index contributed by atoms with van der Waals surface area (Å²) in [7, 11) is 0. The van der Waals surface area contributed by atoms with Crippen LogP contribution in [-0.4, -0.2) is 10.2 Å². The van der Waals surface area contributed by atoms with E-state index in [1.165, 1.54) is 5.56 Å². The van der Waals surface area contributed by atoms with Gasteiger partial charge >= 0.3 is 0 Å². The number of furan rings is 1. The van der Waals surface area contributed by atoms with Gasteiger partial charge in [0, 0.05) is 5.39 Å². The summed E-state index contributed by atoms with van der Waals surface area (Å²) in [5, 5.41) is 7.82. The molecule has 3 rings (SSSR count). The average Bonchev–Trinajstić information content (AvgIpc) is 2.84. The Bertz CT molecular complexity index is 651. The second kappa shape index (κ2) is 3.13. The Hall–Kier alpha value is -2.23. The molecule has 0 aliphatic carbocycles. The van der Waals surface area contributed by atoms with E-state index in [0.717, 1.165) is 22.4 Å². The Morgan fingerprint density at radius 3 is 2.94 bits per heavy atom. The smallest absolute Gasteiger partial charge is 0.155 e. The Morgan fingerprint density at radius 1 is 1.38 bits per heavy atom. The number of nitrogens with one attached hydrogen (secondary N) is 1. The summed E-state index contributed by atoms with van der Waals surface area (Å²) in [4.78, 5) is 0. The van der Waals surface area contributed by atoms with E-state index < -0.39 is 0 Å². The lowest BCUT2D eigenvalue weighted by Crippen LogP contribution is -1.84. The Balaban J connectivity index is 2.27. The van der Waals surface area contributed by atoms with Crippen molar-refractivity contribution >= 4 is 16.7 Å². The number of benzene rings is 1. The quantitative estimate of drug-likeness (QED) is 0.653. The number of anilines is 1. The van der Waals surface area contributed by atoms with Gasteiger partial charge in [-0.1, -0.05) is 12.1 Å². The maximum absolute atomic E-state index is 5.78. The standard InChI is InChI=1S/C12H11N3O/c1-7-3-2-4-10-8(7)5-11(16-10)12-9(13)6-14-15-12/h2-6H,13H2,1H3,(H,14,15). The maximum atomic E-state index is 5.78. The van der Waals surface area contributed by atoms with Crippen LogP contribution in [0.25, 0.3) is 22.4 Å². The van der Waals surface area contributed by atoms with Crippen molar-refractivity contribution in [2.75, 3.05) is 5.73 Å². The van der Waals surface area contributed by atoms with Gasteiger partial charge in [0.15, 0.2) is 5.76 Å². The molecular weight excluding hydrogens is 202 g/mol. The van der Waals surface area contributed by atoms with Gasteiger partial charge in [-0.2, -0.15) is 5.10 Å². The molecule has 3 aromatic rings. The van der Waals surface area contributed by atoms with Crippen molar-refractivity contribution in [1.29, 1.82) is 0 Å². The van der Waals surface area contributed by atoms with Gasteiger partial charge in [-0.3, -0.25) is 5.10 Å². The largest absolute Gasteiger partial charge is 0.454 e. The normalized spacial score (nSPS) is 11.1. The Morgan fingerprint density at radius 2 is 2.25 bits per heavy atom. The minimum atomic E-state index is 0.594. The third-order valence-electron chi connectivity index (χ3n) is 2.69. The van der Waals surface area contributed by atoms with Crippen molar-refractivity contribution in [3.8, 4) is 11.5 Å². The van der Waals surface area contributed by atoms with E-state index in [4.69, 9.17) is 10.2 Å². The fourth-order valence-corrected chi connectivity index (χ4v) is 1.82. The molecule has 4 heteroatoms. The van der Waals surface area contributed by atoms with E-state index in [0.29, 0.717) is 5.69 Å². The van der Waals surface area contributed by atoms with E-state index in [1.807, 2.05) is 18.2 Å². The van der Waals surface area contributed by atoms with Crippen molar-refractivity contribution in [3.63, 3.8) is 0 Å². The summed E-state index contributed by atoms with van der Waals surface area (Å²) in [6, 6.07) is 7.95. The van der Waals surface area contributed by atoms with Crippen LogP contribution in [0.3, 0.4) is 0 Å². The van der Waals surface area contributed by atoms with E-state index in [1.54, 1.807) is 6.20 Å². The van der Waals surface area contributed by atoms with E-state index in [9.17, 15) is 0 Å². The van der Waals surface area contributed by atoms with Crippen LogP contribution < -0.4 is 5.73 Å². The Labute approximate surface area is 92.1 Å². The predicted molar refractivity (Wildman–Crippen MR) is 62.9 cm³/mol. The van der Waals surface area contributed by atoms with Crippen molar-refractivity contribution in [1.82, 2.24) is 10.2 Å². The SMILES string of the molecule is Cc1cccc2oc(-c3[nH]ncc3N)cc12. The van der Waals surface area contributed by atoms with Crippen LogP contribution >= 0.6 is 0 Å². The fraction of sp³-hybridized carbons (Fsp3) is 0.0833. The molecule has 0 aliphatic heterocycles. The number of hydrogen-bond donors (Lipinski definition) is 2. The molecule has 16 heavy (non-hydrogen) atoms. The molecular formula is C12H11N3O. The van der Waals surface area contributed by atoms with Crippen LogP contribution in [0.15, 0.2) is 34.9 Å². The van der Waals surface area contributed by atoms with E-state index in [2.05, 4.69) is 23.2 Å². The van der Waals surface area contributed by atoms with Crippen molar-refractivity contribution in [3.05, 3.63) is 36.0 Å². The Kier molecular flexibility index (Phi) is 1.77. The highest BCUT2D eigenvalue weighted by molar-refractivity contribution is 5.86. The molecule has 0 aliphatic rings. The number of fused-ring (bicyclic) bond motifs is 1. The minimum absolute atomic E-state index is 0.594. The molecule has 80 valence electrons. The number of hydrogen-bond acceptors (Lipinski definition) is 3. The number of H-pyrrole nitrogens is 1. The number of aryl methyl sites for hydroxylation is 1. The zero-order chi connectivity index (χ0) is 11.1. The van der Waals surface area contributed by atoms with Gasteiger partial charge in [-0.25, -0.2) is 0 Å². The van der Waals surface area contributed by atoms with Crippen molar-refractivity contribution in [2.45, 2.75) is 6.92 Å². The van der Waals surface area contributed by atoms with Crippen LogP contribution in [0.2, 0.25) is 0 Å². The first-order valence-corrected chi connectivity index (χ1v) is 5.04. The van der Waals surface area contributed by atoms with Gasteiger partial charge in [0.2, 0.25) is 0 Å². The van der Waals surface area contributed by atoms with Gasteiger partial charge in [0.05, 0.1) is 11.9 Å². The number of aromatic nitrogens is 2. The zero-order valence-electron chi connectivity index (χ0n) is 8.82. The topological polar surface area (TPSA) is 67.8 Å². The number of rotatable bonds is 1. The molecule has 0 unspecified atom stereocenters. The summed E-state index contributed by atoms with van der Waals surface area (Å²) >= 11 is 0. The zero-order valence-corrected chi connectivity index (χ0v) is 8.82. The molecule has 4 nitrogen and oxygen atoms in total. The lowest BCUT2D eigenvalue weighted by molar-refractivity contribution is 0.628. The number of nitrogens with two attached hydrogens (primary N) is 1. The number of nitrogen functional groups attached to an aromatic ring is 1. The van der Waals surface area contributed by atoms with Crippen LogP contribution in [0.1, 0.15) is 5.56 Å². The first-order valence-electron chi connectivity index (χ1n) is 5.04. The highest BCUT2D eigenvalue weighted by atomic mass is 16.3. The molecule has 0 saturated heterocycles. The third-order valence-corrected chi connectivity index (χ3v) is 2.69. The molecule has 3 N–H and O–H groups in total.